The molecule has 0 aliphatic heterocycles. The predicted octanol–water partition coefficient (Wildman–Crippen LogP) is 0.633. The van der Waals surface area contributed by atoms with Crippen LogP contribution in [0.2, 0.25) is 0 Å². The fourth-order valence-electron chi connectivity index (χ4n) is 1.13. The van der Waals surface area contributed by atoms with Gasteiger partial charge in [0.1, 0.15) is 0 Å². The molecule has 0 saturated carbocycles. The Morgan fingerprint density at radius 3 is 2.53 bits per heavy atom. The van der Waals surface area contributed by atoms with Gasteiger partial charge in [0.15, 0.2) is 0 Å². The van der Waals surface area contributed by atoms with E-state index in [0.717, 1.165) is 12.1 Å². The molecule has 0 aromatic heterocycles. The lowest BCUT2D eigenvalue weighted by molar-refractivity contribution is 0.0954. The molecule has 0 fully saturated rings. The Balaban J connectivity index is 2.54. The largest absolute Gasteiger partial charge is 0.351 e. The number of hydrogen-bond donors (Lipinski definition) is 3. The lowest BCUT2D eigenvalue weighted by Crippen LogP contribution is -2.30. The molecule has 4 nitrogen and oxygen atoms in total. The third kappa shape index (κ3) is 3.52. The second-order valence-electron chi connectivity index (χ2n) is 3.13. The summed E-state index contributed by atoms with van der Waals surface area (Å²) < 4.78 is 0. The summed E-state index contributed by atoms with van der Waals surface area (Å²) in [7, 11) is 1.84. The van der Waals surface area contributed by atoms with Crippen LogP contribution in [0.3, 0.4) is 0 Å². The molecule has 15 heavy (non-hydrogen) atoms. The highest BCUT2D eigenvalue weighted by Crippen LogP contribution is 2.01. The van der Waals surface area contributed by atoms with E-state index in [-0.39, 0.29) is 5.91 Å². The first-order valence-corrected chi connectivity index (χ1v) is 4.81. The molecule has 0 atom stereocenters. The second-order valence-corrected chi connectivity index (χ2v) is 3.13. The molecule has 1 aromatic rings. The van der Waals surface area contributed by atoms with Gasteiger partial charge in [-0.25, -0.2) is 0 Å². The van der Waals surface area contributed by atoms with Crippen LogP contribution in [-0.4, -0.2) is 32.3 Å². The Labute approximate surface area is 89.2 Å². The van der Waals surface area contributed by atoms with Gasteiger partial charge in [-0.2, -0.15) is 0 Å². The molecule has 0 spiro atoms. The molecule has 0 saturated heterocycles. The van der Waals surface area contributed by atoms with Crippen molar-refractivity contribution in [1.29, 1.82) is 5.41 Å². The highest BCUT2D eigenvalue weighted by molar-refractivity contribution is 5.94. The zero-order valence-electron chi connectivity index (χ0n) is 8.71. The van der Waals surface area contributed by atoms with Crippen LogP contribution in [-0.2, 0) is 0 Å². The van der Waals surface area contributed by atoms with Crippen molar-refractivity contribution in [2.45, 2.75) is 0 Å². The Bertz CT molecular complexity index is 332. The summed E-state index contributed by atoms with van der Waals surface area (Å²) in [5.74, 6) is -0.0817. The molecule has 0 radical (unpaired) electrons. The van der Waals surface area contributed by atoms with Crippen LogP contribution in [0.25, 0.3) is 0 Å². The lowest BCUT2D eigenvalue weighted by atomic mass is 10.1. The van der Waals surface area contributed by atoms with E-state index in [1.54, 1.807) is 24.3 Å². The molecule has 0 aliphatic rings. The van der Waals surface area contributed by atoms with Crippen molar-refractivity contribution in [3.63, 3.8) is 0 Å². The summed E-state index contributed by atoms with van der Waals surface area (Å²) in [6, 6.07) is 6.93. The first-order chi connectivity index (χ1) is 7.27. The maximum Gasteiger partial charge on any atom is 0.251 e. The predicted molar refractivity (Wildman–Crippen MR) is 60.6 cm³/mol. The number of likely N-dealkylation sites (N-methyl/N-ethyl adjacent to an activating group) is 1. The summed E-state index contributed by atoms with van der Waals surface area (Å²) >= 11 is 0. The minimum absolute atomic E-state index is 0.0817. The smallest absolute Gasteiger partial charge is 0.251 e. The van der Waals surface area contributed by atoms with Crippen LogP contribution in [0.5, 0.6) is 0 Å². The molecular weight excluding hydrogens is 190 g/mol. The molecule has 0 heterocycles. The molecule has 1 aromatic carbocycles. The van der Waals surface area contributed by atoms with Crippen LogP contribution in [0.1, 0.15) is 15.9 Å². The molecule has 0 unspecified atom stereocenters. The van der Waals surface area contributed by atoms with Crippen molar-refractivity contribution in [3.05, 3.63) is 35.4 Å². The zero-order chi connectivity index (χ0) is 11.1. The average molecular weight is 205 g/mol. The minimum Gasteiger partial charge on any atom is -0.351 e. The maximum atomic E-state index is 11.5. The number of amides is 1. The van der Waals surface area contributed by atoms with Gasteiger partial charge >= 0.3 is 0 Å². The van der Waals surface area contributed by atoms with Crippen molar-refractivity contribution < 1.29 is 4.79 Å². The highest BCUT2D eigenvalue weighted by Gasteiger charge is 2.03. The number of hydrogen-bond acceptors (Lipinski definition) is 3. The first kappa shape index (κ1) is 11.4. The van der Waals surface area contributed by atoms with Crippen molar-refractivity contribution in [3.8, 4) is 0 Å². The van der Waals surface area contributed by atoms with Crippen LogP contribution in [0.4, 0.5) is 0 Å². The Kier molecular flexibility index (Phi) is 4.50. The summed E-state index contributed by atoms with van der Waals surface area (Å²) in [5, 5.41) is 12.8. The topological polar surface area (TPSA) is 65.0 Å². The van der Waals surface area contributed by atoms with Gasteiger partial charge in [0.05, 0.1) is 0 Å². The van der Waals surface area contributed by atoms with Gasteiger partial charge in [0, 0.05) is 24.9 Å². The number of carbonyl (C=O) groups is 1. The van der Waals surface area contributed by atoms with Crippen molar-refractivity contribution in [2.75, 3.05) is 20.1 Å². The first-order valence-electron chi connectivity index (χ1n) is 4.81. The fraction of sp³-hybridized carbons (Fsp3) is 0.273. The van der Waals surface area contributed by atoms with E-state index < -0.39 is 0 Å². The normalized spacial score (nSPS) is 9.67. The number of nitrogens with one attached hydrogen (secondary N) is 3. The minimum atomic E-state index is -0.0817. The Morgan fingerprint density at radius 2 is 2.00 bits per heavy atom. The molecule has 1 amide bonds. The van der Waals surface area contributed by atoms with Crippen LogP contribution < -0.4 is 10.6 Å². The summed E-state index contributed by atoms with van der Waals surface area (Å²) in [4.78, 5) is 11.5. The van der Waals surface area contributed by atoms with Gasteiger partial charge in [0.2, 0.25) is 0 Å². The zero-order valence-corrected chi connectivity index (χ0v) is 8.71. The Hall–Kier alpha value is -1.68. The fourth-order valence-corrected chi connectivity index (χ4v) is 1.13. The second kappa shape index (κ2) is 5.93. The molecule has 4 heteroatoms. The highest BCUT2D eigenvalue weighted by atomic mass is 16.1. The third-order valence-electron chi connectivity index (χ3n) is 2.00. The van der Waals surface area contributed by atoms with Gasteiger partial charge in [-0.3, -0.25) is 4.79 Å². The van der Waals surface area contributed by atoms with Gasteiger partial charge in [-0.05, 0) is 24.7 Å². The third-order valence-corrected chi connectivity index (χ3v) is 2.00. The number of carbonyl (C=O) groups excluding carboxylic acids is 1. The van der Waals surface area contributed by atoms with E-state index in [0.29, 0.717) is 12.1 Å². The number of rotatable bonds is 5. The van der Waals surface area contributed by atoms with Crippen molar-refractivity contribution in [1.82, 2.24) is 10.6 Å². The lowest BCUT2D eigenvalue weighted by Gasteiger charge is -2.04. The molecular formula is C11H15N3O. The monoisotopic (exact) mass is 205 g/mol. The standard InChI is InChI=1S/C11H15N3O/c1-13-6-7-14-11(15)10-4-2-9(8-12)3-5-10/h2-5,8,12-13H,6-7H2,1H3,(H,14,15). The summed E-state index contributed by atoms with van der Waals surface area (Å²) in [5.41, 5.74) is 1.42. The van der Waals surface area contributed by atoms with Gasteiger partial charge < -0.3 is 16.0 Å². The van der Waals surface area contributed by atoms with E-state index in [9.17, 15) is 4.79 Å². The Morgan fingerprint density at radius 1 is 1.33 bits per heavy atom. The van der Waals surface area contributed by atoms with E-state index in [4.69, 9.17) is 5.41 Å². The molecule has 0 bridgehead atoms. The quantitative estimate of drug-likeness (QED) is 0.487. The van der Waals surface area contributed by atoms with E-state index in [2.05, 4.69) is 10.6 Å². The average Bonchev–Trinajstić information content (AvgIpc) is 2.29. The molecule has 0 aliphatic carbocycles. The van der Waals surface area contributed by atoms with Gasteiger partial charge in [-0.1, -0.05) is 12.1 Å². The van der Waals surface area contributed by atoms with Crippen molar-refractivity contribution >= 4 is 12.1 Å². The molecule has 80 valence electrons. The van der Waals surface area contributed by atoms with Crippen LogP contribution in [0, 0.1) is 5.41 Å². The number of benzene rings is 1. The summed E-state index contributed by atoms with van der Waals surface area (Å²) in [6.07, 6.45) is 1.25. The van der Waals surface area contributed by atoms with Gasteiger partial charge in [-0.15, -0.1) is 0 Å². The van der Waals surface area contributed by atoms with Crippen LogP contribution >= 0.6 is 0 Å². The van der Waals surface area contributed by atoms with E-state index in [1.807, 2.05) is 7.05 Å². The van der Waals surface area contributed by atoms with E-state index >= 15 is 0 Å². The van der Waals surface area contributed by atoms with E-state index in [1.165, 1.54) is 6.21 Å². The van der Waals surface area contributed by atoms with Gasteiger partial charge in [0.25, 0.3) is 5.91 Å². The summed E-state index contributed by atoms with van der Waals surface area (Å²) in [6.45, 7) is 1.37. The maximum absolute atomic E-state index is 11.5. The molecule has 1 rings (SSSR count). The van der Waals surface area contributed by atoms with Crippen molar-refractivity contribution in [2.24, 2.45) is 0 Å². The molecule has 3 N–H and O–H groups in total. The SMILES string of the molecule is CNCCNC(=O)c1ccc(C=N)cc1. The van der Waals surface area contributed by atoms with Crippen LogP contribution in [0.15, 0.2) is 24.3 Å².